The minimum absolute atomic E-state index is 0.0662. The highest BCUT2D eigenvalue weighted by molar-refractivity contribution is 7.58. The molecule has 2 aromatic rings. The zero-order valence-corrected chi connectivity index (χ0v) is 36.1. The van der Waals surface area contributed by atoms with Crippen molar-refractivity contribution in [2.75, 3.05) is 131 Å². The van der Waals surface area contributed by atoms with Crippen molar-refractivity contribution in [3.05, 3.63) is 95.1 Å². The fourth-order valence-electron chi connectivity index (χ4n) is 6.71. The number of benzene rings is 2. The lowest BCUT2D eigenvalue weighted by molar-refractivity contribution is -0.462. The van der Waals surface area contributed by atoms with Gasteiger partial charge in [0.25, 0.3) is 0 Å². The van der Waals surface area contributed by atoms with Crippen molar-refractivity contribution < 1.29 is 32.6 Å². The Bertz CT molecular complexity index is 1770. The van der Waals surface area contributed by atoms with Crippen LogP contribution in [0.1, 0.15) is 16.7 Å². The Balaban J connectivity index is 1.62. The number of hydrogen-bond acceptors (Lipinski definition) is 9. The third-order valence-electron chi connectivity index (χ3n) is 9.69. The van der Waals surface area contributed by atoms with Crippen LogP contribution in [0.3, 0.4) is 0 Å². The first-order chi connectivity index (χ1) is 25.3. The normalized spacial score (nSPS) is 20.7. The molecule has 0 aromatic heterocycles. The molecule has 1 aliphatic carbocycles. The summed E-state index contributed by atoms with van der Waals surface area (Å²) in [7, 11) is 0.0375. The molecule has 2 aromatic carbocycles. The summed E-state index contributed by atoms with van der Waals surface area (Å²) in [5.41, 5.74) is 7.92. The van der Waals surface area contributed by atoms with Crippen molar-refractivity contribution in [3.8, 4) is 0 Å². The number of allylic oxidation sites excluding steroid dienone is 5. The van der Waals surface area contributed by atoms with Crippen molar-refractivity contribution in [1.29, 1.82) is 0 Å². The Morgan fingerprint density at radius 1 is 0.667 bits per heavy atom. The van der Waals surface area contributed by atoms with Gasteiger partial charge >= 0.3 is 0 Å². The first kappa shape index (κ1) is 44.3. The van der Waals surface area contributed by atoms with Crippen LogP contribution in [-0.4, -0.2) is 166 Å². The van der Waals surface area contributed by atoms with Crippen molar-refractivity contribution in [2.24, 2.45) is 0 Å². The average molecular weight is 804 g/mol. The van der Waals surface area contributed by atoms with Crippen LogP contribution in [0.2, 0.25) is 0 Å². The van der Waals surface area contributed by atoms with Gasteiger partial charge in [0.15, 0.2) is 5.71 Å². The number of anilines is 1. The Kier molecular flexibility index (Phi) is 16.1. The summed E-state index contributed by atoms with van der Waals surface area (Å²) < 4.78 is 45.6. The molecule has 2 N–H and O–H groups in total. The topological polar surface area (TPSA) is 120 Å². The zero-order valence-electron chi connectivity index (χ0n) is 33.5. The van der Waals surface area contributed by atoms with Crippen molar-refractivity contribution in [1.82, 2.24) is 19.6 Å². The monoisotopic (exact) mass is 803 g/mol. The molecular weight excluding hydrogens is 741 g/mol. The van der Waals surface area contributed by atoms with Crippen LogP contribution in [0.15, 0.2) is 78.4 Å². The van der Waals surface area contributed by atoms with Crippen molar-refractivity contribution in [2.45, 2.75) is 6.54 Å². The lowest BCUT2D eigenvalue weighted by Gasteiger charge is -2.35. The van der Waals surface area contributed by atoms with Crippen LogP contribution >= 0.6 is 22.1 Å². The predicted molar refractivity (Wildman–Crippen MR) is 225 cm³/mol. The average Bonchev–Trinajstić information content (AvgIpc) is 3.09. The van der Waals surface area contributed by atoms with E-state index in [1.807, 2.05) is 42.9 Å². The van der Waals surface area contributed by atoms with Crippen molar-refractivity contribution >= 4 is 39.1 Å². The molecule has 0 spiro atoms. The Labute approximate surface area is 323 Å². The third kappa shape index (κ3) is 14.6. The van der Waals surface area contributed by atoms with Gasteiger partial charge in [0.1, 0.15) is 14.1 Å². The van der Waals surface area contributed by atoms with E-state index in [1.54, 1.807) is 6.66 Å². The second-order valence-corrected chi connectivity index (χ2v) is 22.8. The molecule has 0 saturated carbocycles. The van der Waals surface area contributed by atoms with E-state index in [0.29, 0.717) is 58.9 Å². The minimum atomic E-state index is -3.34. The van der Waals surface area contributed by atoms with Gasteiger partial charge in [-0.15, -0.1) is 0 Å². The van der Waals surface area contributed by atoms with E-state index in [9.17, 15) is 23.5 Å². The maximum absolute atomic E-state index is 13.0. The van der Waals surface area contributed by atoms with Crippen LogP contribution in [0, 0.1) is 0 Å². The molecular formula is C39H62N6O6P3+. The second kappa shape index (κ2) is 19.6. The summed E-state index contributed by atoms with van der Waals surface area (Å²) in [6.07, 6.45) is 9.00. The van der Waals surface area contributed by atoms with Gasteiger partial charge in [0, 0.05) is 118 Å². The molecule has 1 aliphatic heterocycles. The fraction of sp³-hybridized carbons (Fsp3) is 0.513. The summed E-state index contributed by atoms with van der Waals surface area (Å²) in [6.45, 7) is 9.50. The molecule has 0 amide bonds. The molecule has 1 saturated heterocycles. The summed E-state index contributed by atoms with van der Waals surface area (Å²) in [4.78, 5) is 31.2. The molecule has 1 heterocycles. The third-order valence-corrected chi connectivity index (χ3v) is 13.2. The summed E-state index contributed by atoms with van der Waals surface area (Å²) >= 11 is 0. The van der Waals surface area contributed by atoms with E-state index < -0.39 is 22.1 Å². The lowest BCUT2D eigenvalue weighted by Crippen LogP contribution is -2.46. The van der Waals surface area contributed by atoms with Crippen LogP contribution in [-0.2, 0) is 24.8 Å². The van der Waals surface area contributed by atoms with Crippen LogP contribution in [0.4, 0.5) is 5.69 Å². The van der Waals surface area contributed by atoms with Crippen LogP contribution in [0.25, 0.3) is 5.57 Å². The van der Waals surface area contributed by atoms with Gasteiger partial charge in [-0.2, -0.15) is 0 Å². The van der Waals surface area contributed by atoms with Crippen LogP contribution < -0.4 is 4.90 Å². The predicted octanol–water partition coefficient (Wildman–Crippen LogP) is 5.34. The van der Waals surface area contributed by atoms with Gasteiger partial charge in [0.05, 0.1) is 18.9 Å². The molecule has 0 bridgehead atoms. The van der Waals surface area contributed by atoms with E-state index in [1.165, 1.54) is 20.4 Å². The minimum Gasteiger partial charge on any atom is -0.378 e. The molecule has 3 unspecified atom stereocenters. The SMILES string of the molecule is COP(C)(=O)CN1CCN(CP(C)(=O)O)CCN(Cc2ccc(C(=C3C=CC(=[N+](C)C)C=C3)c3ccc(N(C)C)cc3)cc2)CCN(CP(C)(=O)O)CC1. The van der Waals surface area contributed by atoms with Gasteiger partial charge in [0.2, 0.25) is 22.1 Å². The molecule has 15 heteroatoms. The van der Waals surface area contributed by atoms with Crippen LogP contribution in [0.5, 0.6) is 0 Å². The smallest absolute Gasteiger partial charge is 0.213 e. The zero-order chi connectivity index (χ0) is 39.7. The second-order valence-electron chi connectivity index (χ2n) is 15.3. The fourth-order valence-corrected chi connectivity index (χ4v) is 9.89. The maximum Gasteiger partial charge on any atom is 0.213 e. The summed E-state index contributed by atoms with van der Waals surface area (Å²) in [6, 6.07) is 17.3. The molecule has 3 atom stereocenters. The Hall–Kier alpha value is -2.46. The summed E-state index contributed by atoms with van der Waals surface area (Å²) in [5, 5.41) is 0. The number of hydrogen-bond donors (Lipinski definition) is 2. The Morgan fingerprint density at radius 3 is 1.46 bits per heavy atom. The molecule has 12 nitrogen and oxygen atoms in total. The highest BCUT2D eigenvalue weighted by atomic mass is 31.2. The van der Waals surface area contributed by atoms with Crippen molar-refractivity contribution in [3.63, 3.8) is 0 Å². The van der Waals surface area contributed by atoms with Gasteiger partial charge < -0.3 is 19.2 Å². The Morgan fingerprint density at radius 2 is 1.07 bits per heavy atom. The quantitative estimate of drug-likeness (QED) is 0.214. The number of rotatable bonds is 12. The highest BCUT2D eigenvalue weighted by Crippen LogP contribution is 2.42. The van der Waals surface area contributed by atoms with Gasteiger partial charge in [-0.25, -0.2) is 4.58 Å². The van der Waals surface area contributed by atoms with E-state index in [0.717, 1.165) is 39.2 Å². The summed E-state index contributed by atoms with van der Waals surface area (Å²) in [5.74, 6) is 0. The molecule has 2 aliphatic rings. The van der Waals surface area contributed by atoms with Gasteiger partial charge in [-0.3, -0.25) is 33.3 Å². The maximum atomic E-state index is 13.0. The van der Waals surface area contributed by atoms with Gasteiger partial charge in [-0.05, 0) is 52.1 Å². The van der Waals surface area contributed by atoms with E-state index in [2.05, 4.69) is 87.2 Å². The molecule has 298 valence electrons. The largest absolute Gasteiger partial charge is 0.378 e. The standard InChI is InChI=1S/C39H61N6O6P3/c1-40(2)37-17-13-35(14-18-37)39(36-15-19-38(20-16-36)41(3)4)34-11-9-33(10-12-34)29-42-21-23-43(30-52(6,46)47)25-27-45(32-54(8,50)51-5)28-26-44(24-22-42)31-53(7,48)49/h9-20H,21-32H2,1-8H3,(H-,46,47,48,49)/p+1. The van der Waals surface area contributed by atoms with E-state index in [-0.39, 0.29) is 18.9 Å². The van der Waals surface area contributed by atoms with E-state index >= 15 is 0 Å². The molecule has 0 radical (unpaired) electrons. The first-order valence-electron chi connectivity index (χ1n) is 18.4. The van der Waals surface area contributed by atoms with E-state index in [4.69, 9.17) is 4.52 Å². The molecule has 1 fully saturated rings. The highest BCUT2D eigenvalue weighted by Gasteiger charge is 2.26. The molecule has 4 rings (SSSR count). The van der Waals surface area contributed by atoms with Gasteiger partial charge in [-0.1, -0.05) is 36.4 Å². The lowest BCUT2D eigenvalue weighted by atomic mass is 9.90. The number of nitrogens with zero attached hydrogens (tertiary/aromatic N) is 6. The first-order valence-corrected chi connectivity index (χ1v) is 25.3. The molecule has 54 heavy (non-hydrogen) atoms.